The van der Waals surface area contributed by atoms with Gasteiger partial charge in [-0.1, -0.05) is 18.6 Å². The Balaban J connectivity index is 1.64. The van der Waals surface area contributed by atoms with Crippen LogP contribution in [-0.4, -0.2) is 45.6 Å². The van der Waals surface area contributed by atoms with Crippen LogP contribution >= 0.6 is 0 Å². The average molecular weight is 350 g/mol. The lowest BCUT2D eigenvalue weighted by Gasteiger charge is -2.26. The van der Waals surface area contributed by atoms with Crippen molar-refractivity contribution in [2.75, 3.05) is 31.5 Å². The van der Waals surface area contributed by atoms with Crippen molar-refractivity contribution in [3.05, 3.63) is 48.2 Å². The number of phenols is 1. The molecular formula is C21H26N4O. The van der Waals surface area contributed by atoms with Gasteiger partial charge in [-0.3, -0.25) is 4.40 Å². The average Bonchev–Trinajstić information content (AvgIpc) is 3.00. The first-order chi connectivity index (χ1) is 12.7. The molecule has 0 unspecified atom stereocenters. The van der Waals surface area contributed by atoms with Crippen molar-refractivity contribution in [2.24, 2.45) is 0 Å². The van der Waals surface area contributed by atoms with Crippen molar-refractivity contribution >= 4 is 11.5 Å². The van der Waals surface area contributed by atoms with Crippen molar-refractivity contribution < 1.29 is 5.11 Å². The molecule has 5 nitrogen and oxygen atoms in total. The molecule has 2 aromatic heterocycles. The lowest BCUT2D eigenvalue weighted by molar-refractivity contribution is 0.237. The Labute approximate surface area is 154 Å². The standard InChI is InChI=1S/C21H26N4O/c1-16-9-13-25-19(15-16)23-20(17-7-3-4-8-18(17)26)21(25)22-10-14-24-11-5-2-6-12-24/h3-4,7-9,13,15,22,26H,2,5-6,10-12,14H2,1H3. The Kier molecular flexibility index (Phi) is 4.80. The summed E-state index contributed by atoms with van der Waals surface area (Å²) >= 11 is 0. The van der Waals surface area contributed by atoms with Gasteiger partial charge in [0, 0.05) is 24.8 Å². The fourth-order valence-corrected chi connectivity index (χ4v) is 3.69. The largest absolute Gasteiger partial charge is 0.507 e. The number of anilines is 1. The highest BCUT2D eigenvalue weighted by Crippen LogP contribution is 2.34. The van der Waals surface area contributed by atoms with Crippen LogP contribution in [0, 0.1) is 6.92 Å². The van der Waals surface area contributed by atoms with Crippen LogP contribution in [-0.2, 0) is 0 Å². The molecule has 0 atom stereocenters. The number of hydrogen-bond donors (Lipinski definition) is 2. The second-order valence-corrected chi connectivity index (χ2v) is 7.09. The summed E-state index contributed by atoms with van der Waals surface area (Å²) in [5, 5.41) is 13.9. The van der Waals surface area contributed by atoms with Gasteiger partial charge in [-0.2, -0.15) is 0 Å². The number of fused-ring (bicyclic) bond motifs is 1. The highest BCUT2D eigenvalue weighted by atomic mass is 16.3. The maximum absolute atomic E-state index is 10.3. The molecule has 0 spiro atoms. The van der Waals surface area contributed by atoms with Crippen molar-refractivity contribution in [3.63, 3.8) is 0 Å². The summed E-state index contributed by atoms with van der Waals surface area (Å²) in [6, 6.07) is 11.5. The predicted octanol–water partition coefficient (Wildman–Crippen LogP) is 3.91. The number of likely N-dealkylation sites (tertiary alicyclic amines) is 1. The van der Waals surface area contributed by atoms with Gasteiger partial charge in [0.25, 0.3) is 0 Å². The summed E-state index contributed by atoms with van der Waals surface area (Å²) in [6.45, 7) is 6.35. The fourth-order valence-electron chi connectivity index (χ4n) is 3.69. The number of aromatic nitrogens is 2. The van der Waals surface area contributed by atoms with Crippen LogP contribution in [0.1, 0.15) is 24.8 Å². The van der Waals surface area contributed by atoms with Gasteiger partial charge in [0.2, 0.25) is 0 Å². The molecule has 0 amide bonds. The highest BCUT2D eigenvalue weighted by Gasteiger charge is 2.17. The minimum Gasteiger partial charge on any atom is -0.507 e. The van der Waals surface area contributed by atoms with Gasteiger partial charge < -0.3 is 15.3 Å². The van der Waals surface area contributed by atoms with Gasteiger partial charge in [-0.25, -0.2) is 4.98 Å². The van der Waals surface area contributed by atoms with E-state index in [0.29, 0.717) is 0 Å². The van der Waals surface area contributed by atoms with Crippen molar-refractivity contribution in [3.8, 4) is 17.0 Å². The summed E-state index contributed by atoms with van der Waals surface area (Å²) in [4.78, 5) is 7.31. The maximum Gasteiger partial charge on any atom is 0.139 e. The van der Waals surface area contributed by atoms with Crippen LogP contribution in [0.15, 0.2) is 42.6 Å². The first kappa shape index (κ1) is 16.9. The zero-order chi connectivity index (χ0) is 17.9. The van der Waals surface area contributed by atoms with E-state index in [-0.39, 0.29) is 5.75 Å². The van der Waals surface area contributed by atoms with Crippen LogP contribution in [0.2, 0.25) is 0 Å². The number of nitrogens with one attached hydrogen (secondary N) is 1. The molecule has 5 heteroatoms. The zero-order valence-electron chi connectivity index (χ0n) is 15.3. The number of nitrogens with zero attached hydrogens (tertiary/aromatic N) is 3. The van der Waals surface area contributed by atoms with Gasteiger partial charge in [0.15, 0.2) is 0 Å². The van der Waals surface area contributed by atoms with E-state index in [4.69, 9.17) is 4.98 Å². The van der Waals surface area contributed by atoms with E-state index in [1.54, 1.807) is 6.07 Å². The Morgan fingerprint density at radius 3 is 2.73 bits per heavy atom. The maximum atomic E-state index is 10.3. The Bertz CT molecular complexity index is 896. The molecule has 1 aliphatic rings. The summed E-state index contributed by atoms with van der Waals surface area (Å²) in [7, 11) is 0. The van der Waals surface area contributed by atoms with Crippen molar-refractivity contribution in [1.82, 2.24) is 14.3 Å². The minimum atomic E-state index is 0.256. The number of phenolic OH excluding ortho intramolecular Hbond substituents is 1. The second-order valence-electron chi connectivity index (χ2n) is 7.09. The molecule has 1 aliphatic heterocycles. The van der Waals surface area contributed by atoms with Gasteiger partial charge in [-0.05, 0) is 62.7 Å². The minimum absolute atomic E-state index is 0.256. The van der Waals surface area contributed by atoms with Crippen LogP contribution < -0.4 is 5.32 Å². The van der Waals surface area contributed by atoms with Crippen LogP contribution in [0.4, 0.5) is 5.82 Å². The molecule has 0 aliphatic carbocycles. The lowest BCUT2D eigenvalue weighted by atomic mass is 10.1. The van der Waals surface area contributed by atoms with E-state index >= 15 is 0 Å². The molecule has 1 saturated heterocycles. The van der Waals surface area contributed by atoms with E-state index < -0.39 is 0 Å². The van der Waals surface area contributed by atoms with Crippen LogP contribution in [0.25, 0.3) is 16.9 Å². The van der Waals surface area contributed by atoms with Crippen LogP contribution in [0.5, 0.6) is 5.75 Å². The number of benzene rings is 1. The number of para-hydroxylation sites is 1. The van der Waals surface area contributed by atoms with Gasteiger partial charge in [0.1, 0.15) is 22.9 Å². The van der Waals surface area contributed by atoms with Crippen molar-refractivity contribution in [2.45, 2.75) is 26.2 Å². The molecule has 0 bridgehead atoms. The number of rotatable bonds is 5. The van der Waals surface area contributed by atoms with E-state index in [2.05, 4.69) is 33.7 Å². The first-order valence-corrected chi connectivity index (χ1v) is 9.46. The molecule has 0 radical (unpaired) electrons. The molecule has 1 fully saturated rings. The van der Waals surface area contributed by atoms with E-state index in [9.17, 15) is 5.11 Å². The van der Waals surface area contributed by atoms with Crippen molar-refractivity contribution in [1.29, 1.82) is 0 Å². The third kappa shape index (κ3) is 3.40. The van der Waals surface area contributed by atoms with Crippen LogP contribution in [0.3, 0.4) is 0 Å². The fraction of sp³-hybridized carbons (Fsp3) is 0.381. The number of aryl methyl sites for hydroxylation is 1. The van der Waals surface area contributed by atoms with E-state index in [1.807, 2.05) is 24.4 Å². The zero-order valence-corrected chi connectivity index (χ0v) is 15.3. The molecule has 26 heavy (non-hydrogen) atoms. The van der Waals surface area contributed by atoms with Gasteiger partial charge >= 0.3 is 0 Å². The SMILES string of the molecule is Cc1ccn2c(NCCN3CCCCC3)c(-c3ccccc3O)nc2c1. The molecule has 1 aromatic carbocycles. The number of piperidine rings is 1. The number of aromatic hydroxyl groups is 1. The summed E-state index contributed by atoms with van der Waals surface area (Å²) in [5.74, 6) is 1.20. The Morgan fingerprint density at radius 1 is 1.12 bits per heavy atom. The predicted molar refractivity (Wildman–Crippen MR) is 106 cm³/mol. The number of hydrogen-bond acceptors (Lipinski definition) is 4. The smallest absolute Gasteiger partial charge is 0.139 e. The molecular weight excluding hydrogens is 324 g/mol. The molecule has 4 rings (SSSR count). The Hall–Kier alpha value is -2.53. The number of imidazole rings is 1. The highest BCUT2D eigenvalue weighted by molar-refractivity contribution is 5.80. The third-order valence-electron chi connectivity index (χ3n) is 5.11. The van der Waals surface area contributed by atoms with Gasteiger partial charge in [0.05, 0.1) is 0 Å². The lowest BCUT2D eigenvalue weighted by Crippen LogP contribution is -2.33. The Morgan fingerprint density at radius 2 is 1.92 bits per heavy atom. The quantitative estimate of drug-likeness (QED) is 0.732. The normalized spacial score (nSPS) is 15.4. The molecule has 2 N–H and O–H groups in total. The first-order valence-electron chi connectivity index (χ1n) is 9.46. The monoisotopic (exact) mass is 350 g/mol. The molecule has 0 saturated carbocycles. The van der Waals surface area contributed by atoms with Gasteiger partial charge in [-0.15, -0.1) is 0 Å². The summed E-state index contributed by atoms with van der Waals surface area (Å²) < 4.78 is 2.07. The molecule has 3 aromatic rings. The number of pyridine rings is 1. The third-order valence-corrected chi connectivity index (χ3v) is 5.11. The van der Waals surface area contributed by atoms with E-state index in [0.717, 1.165) is 35.8 Å². The van der Waals surface area contributed by atoms with E-state index in [1.165, 1.54) is 37.9 Å². The topological polar surface area (TPSA) is 52.8 Å². The summed E-state index contributed by atoms with van der Waals surface area (Å²) in [6.07, 6.45) is 6.01. The summed E-state index contributed by atoms with van der Waals surface area (Å²) in [5.41, 5.74) is 3.62. The second kappa shape index (κ2) is 7.38. The molecule has 136 valence electrons. The molecule has 3 heterocycles.